The highest BCUT2D eigenvalue weighted by molar-refractivity contribution is 7.98. The number of carbonyl (C=O) groups excluding carboxylic acids is 1. The molecule has 0 saturated carbocycles. The fourth-order valence-corrected chi connectivity index (χ4v) is 5.01. The average molecular weight is 448 g/mol. The molecule has 1 unspecified atom stereocenters. The lowest BCUT2D eigenvalue weighted by Gasteiger charge is -2.11. The van der Waals surface area contributed by atoms with Crippen LogP contribution in [-0.4, -0.2) is 33.4 Å². The Morgan fingerprint density at radius 3 is 2.45 bits per heavy atom. The number of hydrogen-bond donors (Lipinski definition) is 0. The Kier molecular flexibility index (Phi) is 6.89. The van der Waals surface area contributed by atoms with E-state index < -0.39 is 15.6 Å². The van der Waals surface area contributed by atoms with Crippen LogP contribution < -0.4 is 4.74 Å². The molecule has 0 bridgehead atoms. The Hall–Kier alpha value is -2.42. The molecule has 0 aliphatic heterocycles. The molecule has 1 heterocycles. The van der Waals surface area contributed by atoms with Gasteiger partial charge in [0.05, 0.1) is 28.3 Å². The van der Waals surface area contributed by atoms with Crippen molar-refractivity contribution in [2.24, 2.45) is 4.36 Å². The lowest BCUT2D eigenvalue weighted by atomic mass is 10.2. The molecule has 9 heteroatoms. The topological polar surface area (TPSA) is 81.5 Å². The lowest BCUT2D eigenvalue weighted by Crippen LogP contribution is -2.10. The fraction of sp³-hybridized carbons (Fsp3) is 0.150. The number of methoxy groups -OCH3 is 1. The largest absolute Gasteiger partial charge is 0.497 e. The quantitative estimate of drug-likeness (QED) is 0.308. The summed E-state index contributed by atoms with van der Waals surface area (Å²) in [6, 6.07) is 16.7. The molecular formula is C20H18ClN3O3S2. The van der Waals surface area contributed by atoms with Crippen LogP contribution in [0.5, 0.6) is 5.75 Å². The van der Waals surface area contributed by atoms with Crippen LogP contribution in [0.1, 0.15) is 16.1 Å². The standard InChI is InChI=1S/C20H18ClN3O3S2/c1-27-16-8-10-17(11-9-16)29(26,24-19(25)14-6-4-3-5-7-14)13-15-12-18(21)23-20(22-15)28-2/h3-12H,13H2,1-2H3. The van der Waals surface area contributed by atoms with E-state index >= 15 is 0 Å². The van der Waals surface area contributed by atoms with E-state index in [1.807, 2.05) is 6.26 Å². The second-order valence-corrected chi connectivity index (χ2v) is 9.28. The third kappa shape index (κ3) is 5.35. The van der Waals surface area contributed by atoms with Crippen LogP contribution in [0.2, 0.25) is 5.15 Å². The molecule has 29 heavy (non-hydrogen) atoms. The van der Waals surface area contributed by atoms with Crippen LogP contribution in [0.25, 0.3) is 0 Å². The maximum absolute atomic E-state index is 13.9. The van der Waals surface area contributed by atoms with Crippen molar-refractivity contribution in [1.29, 1.82) is 0 Å². The number of ether oxygens (including phenoxy) is 1. The molecule has 0 saturated heterocycles. The van der Waals surface area contributed by atoms with Gasteiger partial charge >= 0.3 is 0 Å². The summed E-state index contributed by atoms with van der Waals surface area (Å²) in [5.41, 5.74) is 0.805. The highest BCUT2D eigenvalue weighted by Gasteiger charge is 2.19. The van der Waals surface area contributed by atoms with E-state index in [-0.39, 0.29) is 10.9 Å². The third-order valence-corrected chi connectivity index (χ3v) is 6.83. The summed E-state index contributed by atoms with van der Waals surface area (Å²) < 4.78 is 23.2. The molecule has 1 atom stereocenters. The van der Waals surface area contributed by atoms with Crippen molar-refractivity contribution < 1.29 is 13.7 Å². The van der Waals surface area contributed by atoms with Crippen LogP contribution in [0, 0.1) is 0 Å². The molecule has 0 aliphatic carbocycles. The number of amides is 1. The Bertz CT molecular complexity index is 1130. The summed E-state index contributed by atoms with van der Waals surface area (Å²) in [5, 5.41) is 0.698. The normalized spacial score (nSPS) is 12.8. The number of benzene rings is 2. The molecule has 1 amide bonds. The summed E-state index contributed by atoms with van der Waals surface area (Å²) in [6.07, 6.45) is 1.82. The Morgan fingerprint density at radius 2 is 1.83 bits per heavy atom. The number of aromatic nitrogens is 2. The van der Waals surface area contributed by atoms with Gasteiger partial charge in [-0.15, -0.1) is 0 Å². The summed E-state index contributed by atoms with van der Waals surface area (Å²) in [4.78, 5) is 21.6. The molecule has 6 nitrogen and oxygen atoms in total. The number of nitrogens with zero attached hydrogens (tertiary/aromatic N) is 3. The van der Waals surface area contributed by atoms with Gasteiger partial charge in [0.25, 0.3) is 5.91 Å². The van der Waals surface area contributed by atoms with Crippen LogP contribution in [-0.2, 0) is 15.5 Å². The summed E-state index contributed by atoms with van der Waals surface area (Å²) >= 11 is 7.39. The first-order chi connectivity index (χ1) is 13.9. The first kappa shape index (κ1) is 21.3. The zero-order valence-corrected chi connectivity index (χ0v) is 18.1. The maximum Gasteiger partial charge on any atom is 0.285 e. The van der Waals surface area contributed by atoms with Gasteiger partial charge in [-0.2, -0.15) is 4.36 Å². The van der Waals surface area contributed by atoms with Crippen molar-refractivity contribution in [1.82, 2.24) is 9.97 Å². The van der Waals surface area contributed by atoms with Gasteiger partial charge in [0.2, 0.25) is 0 Å². The molecule has 150 valence electrons. The van der Waals surface area contributed by atoms with E-state index in [1.54, 1.807) is 61.7 Å². The van der Waals surface area contributed by atoms with E-state index in [1.165, 1.54) is 17.8 Å². The number of halogens is 1. The number of hydrogen-bond acceptors (Lipinski definition) is 6. The molecule has 0 spiro atoms. The van der Waals surface area contributed by atoms with Gasteiger partial charge in [0.1, 0.15) is 10.9 Å². The summed E-state index contributed by atoms with van der Waals surface area (Å²) in [5.74, 6) is -0.0236. The molecule has 0 N–H and O–H groups in total. The molecule has 3 rings (SSSR count). The molecule has 1 aromatic heterocycles. The van der Waals surface area contributed by atoms with Crippen molar-refractivity contribution in [2.45, 2.75) is 15.8 Å². The van der Waals surface area contributed by atoms with Gasteiger partial charge in [0.15, 0.2) is 5.16 Å². The molecule has 2 aromatic carbocycles. The van der Waals surface area contributed by atoms with Crippen LogP contribution >= 0.6 is 23.4 Å². The predicted octanol–water partition coefficient (Wildman–Crippen LogP) is 4.73. The van der Waals surface area contributed by atoms with Gasteiger partial charge in [-0.1, -0.05) is 41.6 Å². The van der Waals surface area contributed by atoms with Gasteiger partial charge in [0, 0.05) is 10.5 Å². The fourth-order valence-electron chi connectivity index (χ4n) is 2.53. The lowest BCUT2D eigenvalue weighted by molar-refractivity contribution is 0.100. The Labute approximate surface area is 178 Å². The third-order valence-electron chi connectivity index (χ3n) is 3.93. The average Bonchev–Trinajstić information content (AvgIpc) is 2.73. The van der Waals surface area contributed by atoms with Gasteiger partial charge < -0.3 is 4.74 Å². The van der Waals surface area contributed by atoms with Crippen molar-refractivity contribution >= 4 is 39.0 Å². The molecular weight excluding hydrogens is 430 g/mol. The minimum absolute atomic E-state index is 0.0757. The number of carbonyl (C=O) groups is 1. The van der Waals surface area contributed by atoms with E-state index in [0.717, 1.165) is 0 Å². The summed E-state index contributed by atoms with van der Waals surface area (Å²) in [7, 11) is -1.63. The second kappa shape index (κ2) is 9.39. The number of thioether (sulfide) groups is 1. The number of rotatable bonds is 6. The monoisotopic (exact) mass is 447 g/mol. The molecule has 0 fully saturated rings. The first-order valence-corrected chi connectivity index (χ1v) is 11.8. The first-order valence-electron chi connectivity index (χ1n) is 8.49. The summed E-state index contributed by atoms with van der Waals surface area (Å²) in [6.45, 7) is 0. The zero-order chi connectivity index (χ0) is 20.9. The van der Waals surface area contributed by atoms with Crippen LogP contribution in [0.4, 0.5) is 0 Å². The highest BCUT2D eigenvalue weighted by atomic mass is 35.5. The molecule has 0 radical (unpaired) electrons. The van der Waals surface area contributed by atoms with Gasteiger partial charge in [-0.25, -0.2) is 14.2 Å². The smallest absolute Gasteiger partial charge is 0.285 e. The van der Waals surface area contributed by atoms with Crippen molar-refractivity contribution in [3.05, 3.63) is 77.1 Å². The van der Waals surface area contributed by atoms with E-state index in [9.17, 15) is 9.00 Å². The van der Waals surface area contributed by atoms with Crippen molar-refractivity contribution in [2.75, 3.05) is 13.4 Å². The minimum atomic E-state index is -3.17. The minimum Gasteiger partial charge on any atom is -0.497 e. The predicted molar refractivity (Wildman–Crippen MR) is 115 cm³/mol. The molecule has 0 aliphatic rings. The molecule has 3 aromatic rings. The van der Waals surface area contributed by atoms with Crippen LogP contribution in [0.3, 0.4) is 0 Å². The van der Waals surface area contributed by atoms with Crippen molar-refractivity contribution in [3.63, 3.8) is 0 Å². The zero-order valence-electron chi connectivity index (χ0n) is 15.7. The van der Waals surface area contributed by atoms with Crippen LogP contribution in [0.15, 0.2) is 75.1 Å². The Morgan fingerprint density at radius 1 is 1.14 bits per heavy atom. The van der Waals surface area contributed by atoms with Crippen molar-refractivity contribution in [3.8, 4) is 5.75 Å². The van der Waals surface area contributed by atoms with Gasteiger partial charge in [-0.3, -0.25) is 4.79 Å². The second-order valence-electron chi connectivity index (χ2n) is 5.89. The maximum atomic E-state index is 13.9. The van der Waals surface area contributed by atoms with Gasteiger partial charge in [-0.05, 0) is 48.7 Å². The van der Waals surface area contributed by atoms with E-state index in [2.05, 4.69) is 14.3 Å². The van der Waals surface area contributed by atoms with E-state index in [4.69, 9.17) is 16.3 Å². The SMILES string of the molecule is COc1ccc(S(=O)(Cc2cc(Cl)nc(SC)n2)=NC(=O)c2ccccc2)cc1. The highest BCUT2D eigenvalue weighted by Crippen LogP contribution is 2.24. The Balaban J connectivity index is 2.10. The van der Waals surface area contributed by atoms with E-state index in [0.29, 0.717) is 27.1 Å².